The lowest BCUT2D eigenvalue weighted by Crippen LogP contribution is -2.10. The van der Waals surface area contributed by atoms with Gasteiger partial charge in [-0.3, -0.25) is 10.1 Å². The van der Waals surface area contributed by atoms with Gasteiger partial charge in [0.15, 0.2) is 11.5 Å². The van der Waals surface area contributed by atoms with E-state index in [9.17, 15) is 14.9 Å². The average molecular weight is 331 g/mol. The summed E-state index contributed by atoms with van der Waals surface area (Å²) >= 11 is 0. The van der Waals surface area contributed by atoms with E-state index in [-0.39, 0.29) is 5.69 Å². The smallest absolute Gasteiger partial charge is 0.338 e. The normalized spacial score (nSPS) is 11.5. The summed E-state index contributed by atoms with van der Waals surface area (Å²) in [5.41, 5.74) is 0.782. The first-order valence-corrected chi connectivity index (χ1v) is 7.13. The fraction of sp³-hybridized carbons (Fsp3) is 0.235. The maximum Gasteiger partial charge on any atom is 0.338 e. The highest BCUT2D eigenvalue weighted by Crippen LogP contribution is 2.29. The number of carbonyl (C=O) groups excluding carboxylic acids is 1. The first-order chi connectivity index (χ1) is 11.5. The number of nitrogens with zero attached hydrogens (tertiary/aromatic N) is 1. The van der Waals surface area contributed by atoms with Gasteiger partial charge < -0.3 is 14.2 Å². The van der Waals surface area contributed by atoms with Crippen molar-refractivity contribution in [3.05, 3.63) is 63.7 Å². The molecule has 0 heterocycles. The van der Waals surface area contributed by atoms with Gasteiger partial charge in [-0.05, 0) is 30.7 Å². The van der Waals surface area contributed by atoms with Gasteiger partial charge in [-0.25, -0.2) is 4.79 Å². The fourth-order valence-electron chi connectivity index (χ4n) is 2.15. The molecule has 24 heavy (non-hydrogen) atoms. The Bertz CT molecular complexity index is 758. The highest BCUT2D eigenvalue weighted by atomic mass is 16.6. The van der Waals surface area contributed by atoms with E-state index in [1.807, 2.05) is 0 Å². The number of hydrogen-bond donors (Lipinski definition) is 0. The maximum absolute atomic E-state index is 12.3. The van der Waals surface area contributed by atoms with Crippen LogP contribution >= 0.6 is 0 Å². The molecule has 0 saturated carbocycles. The number of non-ortho nitro benzene ring substituents is 1. The van der Waals surface area contributed by atoms with Gasteiger partial charge in [0, 0.05) is 12.1 Å². The number of nitro groups is 1. The van der Waals surface area contributed by atoms with E-state index in [0.717, 1.165) is 0 Å². The molecule has 7 heteroatoms. The minimum Gasteiger partial charge on any atom is -0.493 e. The van der Waals surface area contributed by atoms with Crippen molar-refractivity contribution < 1.29 is 23.9 Å². The summed E-state index contributed by atoms with van der Waals surface area (Å²) in [6.07, 6.45) is -0.634. The van der Waals surface area contributed by atoms with Gasteiger partial charge in [0.1, 0.15) is 6.10 Å². The van der Waals surface area contributed by atoms with E-state index >= 15 is 0 Å². The molecular weight excluding hydrogens is 314 g/mol. The molecule has 0 radical (unpaired) electrons. The number of ether oxygens (including phenoxy) is 3. The van der Waals surface area contributed by atoms with Crippen molar-refractivity contribution in [2.45, 2.75) is 13.0 Å². The predicted octanol–water partition coefficient (Wildman–Crippen LogP) is 3.53. The molecule has 2 aromatic rings. The third kappa shape index (κ3) is 3.81. The van der Waals surface area contributed by atoms with Crippen LogP contribution < -0.4 is 9.47 Å². The first-order valence-electron chi connectivity index (χ1n) is 7.13. The highest BCUT2D eigenvalue weighted by molar-refractivity contribution is 5.90. The molecule has 0 aromatic heterocycles. The number of rotatable bonds is 6. The molecule has 0 amide bonds. The van der Waals surface area contributed by atoms with Gasteiger partial charge >= 0.3 is 5.97 Å². The monoisotopic (exact) mass is 331 g/mol. The first kappa shape index (κ1) is 17.3. The summed E-state index contributed by atoms with van der Waals surface area (Å²) in [7, 11) is 2.97. The quantitative estimate of drug-likeness (QED) is 0.457. The molecule has 2 rings (SSSR count). The minimum atomic E-state index is -0.634. The number of benzene rings is 2. The molecule has 126 valence electrons. The molecule has 0 aliphatic heterocycles. The minimum absolute atomic E-state index is 0.0542. The van der Waals surface area contributed by atoms with Crippen molar-refractivity contribution in [1.82, 2.24) is 0 Å². The Morgan fingerprint density at radius 1 is 1.08 bits per heavy atom. The zero-order valence-corrected chi connectivity index (χ0v) is 13.5. The van der Waals surface area contributed by atoms with Crippen molar-refractivity contribution in [3.8, 4) is 11.5 Å². The van der Waals surface area contributed by atoms with Crippen molar-refractivity contribution in [3.63, 3.8) is 0 Å². The highest BCUT2D eigenvalue weighted by Gasteiger charge is 2.17. The van der Waals surface area contributed by atoms with Crippen LogP contribution in [-0.4, -0.2) is 25.1 Å². The topological polar surface area (TPSA) is 87.9 Å². The van der Waals surface area contributed by atoms with Crippen LogP contribution in [0, 0.1) is 10.1 Å². The molecule has 1 unspecified atom stereocenters. The third-order valence-electron chi connectivity index (χ3n) is 3.45. The molecule has 7 nitrogen and oxygen atoms in total. The number of esters is 1. The SMILES string of the molecule is COc1ccc(C(=O)OC(C)c2cccc([N+](=O)[O-])c2)cc1OC. The van der Waals surface area contributed by atoms with E-state index in [2.05, 4.69) is 0 Å². The van der Waals surface area contributed by atoms with Gasteiger partial charge in [0.2, 0.25) is 0 Å². The number of nitro benzene ring substituents is 1. The van der Waals surface area contributed by atoms with Gasteiger partial charge in [0.05, 0.1) is 24.7 Å². The molecule has 0 bridgehead atoms. The number of carbonyl (C=O) groups is 1. The van der Waals surface area contributed by atoms with Gasteiger partial charge in [-0.15, -0.1) is 0 Å². The molecular formula is C17H17NO6. The van der Waals surface area contributed by atoms with Gasteiger partial charge in [-0.1, -0.05) is 12.1 Å². The van der Waals surface area contributed by atoms with Gasteiger partial charge in [0.25, 0.3) is 5.69 Å². The van der Waals surface area contributed by atoms with Crippen LogP contribution in [-0.2, 0) is 4.74 Å². The summed E-state index contributed by atoms with van der Waals surface area (Å²) in [5, 5.41) is 10.8. The second-order valence-corrected chi connectivity index (χ2v) is 4.97. The van der Waals surface area contributed by atoms with Crippen LogP contribution in [0.3, 0.4) is 0 Å². The Kier molecular flexibility index (Phi) is 5.36. The van der Waals surface area contributed by atoms with Crippen LogP contribution in [0.1, 0.15) is 28.9 Å². The van der Waals surface area contributed by atoms with E-state index < -0.39 is 17.0 Å². The Balaban J connectivity index is 2.17. The second-order valence-electron chi connectivity index (χ2n) is 4.97. The summed E-state index contributed by atoms with van der Waals surface area (Å²) in [6, 6.07) is 10.7. The zero-order chi connectivity index (χ0) is 17.7. The molecule has 0 spiro atoms. The van der Waals surface area contributed by atoms with Crippen molar-refractivity contribution >= 4 is 11.7 Å². The maximum atomic E-state index is 12.3. The molecule has 0 N–H and O–H groups in total. The predicted molar refractivity (Wildman–Crippen MR) is 86.5 cm³/mol. The Morgan fingerprint density at radius 3 is 2.42 bits per heavy atom. The Morgan fingerprint density at radius 2 is 1.79 bits per heavy atom. The summed E-state index contributed by atoms with van der Waals surface area (Å²) in [4.78, 5) is 22.6. The summed E-state index contributed by atoms with van der Waals surface area (Å²) < 4.78 is 15.6. The molecule has 0 fully saturated rings. The van der Waals surface area contributed by atoms with Gasteiger partial charge in [-0.2, -0.15) is 0 Å². The van der Waals surface area contributed by atoms with Crippen molar-refractivity contribution in [1.29, 1.82) is 0 Å². The fourth-order valence-corrected chi connectivity index (χ4v) is 2.15. The lowest BCUT2D eigenvalue weighted by atomic mass is 10.1. The van der Waals surface area contributed by atoms with Crippen LogP contribution in [0.4, 0.5) is 5.69 Å². The second kappa shape index (κ2) is 7.45. The molecule has 0 saturated heterocycles. The number of hydrogen-bond acceptors (Lipinski definition) is 6. The van der Waals surface area contributed by atoms with E-state index in [4.69, 9.17) is 14.2 Å². The Hall–Kier alpha value is -3.09. The van der Waals surface area contributed by atoms with E-state index in [0.29, 0.717) is 22.6 Å². The lowest BCUT2D eigenvalue weighted by Gasteiger charge is -2.14. The zero-order valence-electron chi connectivity index (χ0n) is 13.5. The summed E-state index contributed by atoms with van der Waals surface area (Å²) in [5.74, 6) is 0.352. The van der Waals surface area contributed by atoms with Crippen LogP contribution in [0.25, 0.3) is 0 Å². The molecule has 0 aliphatic rings. The molecule has 1 atom stereocenters. The standard InChI is InChI=1S/C17H17NO6/c1-11(12-5-4-6-14(9-12)18(20)21)24-17(19)13-7-8-15(22-2)16(10-13)23-3/h4-11H,1-3H3. The largest absolute Gasteiger partial charge is 0.493 e. The summed E-state index contributed by atoms with van der Waals surface area (Å²) in [6.45, 7) is 1.65. The van der Waals surface area contributed by atoms with Crippen molar-refractivity contribution in [2.75, 3.05) is 14.2 Å². The lowest BCUT2D eigenvalue weighted by molar-refractivity contribution is -0.385. The van der Waals surface area contributed by atoms with Crippen LogP contribution in [0.5, 0.6) is 11.5 Å². The molecule has 0 aliphatic carbocycles. The average Bonchev–Trinajstić information content (AvgIpc) is 2.60. The van der Waals surface area contributed by atoms with E-state index in [1.165, 1.54) is 32.4 Å². The molecule has 2 aromatic carbocycles. The Labute approximate surface area is 138 Å². The number of methoxy groups -OCH3 is 2. The van der Waals surface area contributed by atoms with Crippen LogP contribution in [0.15, 0.2) is 42.5 Å². The van der Waals surface area contributed by atoms with Crippen molar-refractivity contribution in [2.24, 2.45) is 0 Å². The van der Waals surface area contributed by atoms with E-state index in [1.54, 1.807) is 31.2 Å². The van der Waals surface area contributed by atoms with Crippen LogP contribution in [0.2, 0.25) is 0 Å². The third-order valence-corrected chi connectivity index (χ3v) is 3.45.